The summed E-state index contributed by atoms with van der Waals surface area (Å²) in [5, 5.41) is 13.5. The van der Waals surface area contributed by atoms with Crippen LogP contribution in [-0.2, 0) is 17.8 Å². The number of carbonyl (C=O) groups excluding carboxylic acids is 1. The molecule has 0 bridgehead atoms. The highest BCUT2D eigenvalue weighted by Gasteiger charge is 2.10. The quantitative estimate of drug-likeness (QED) is 0.815. The molecule has 1 amide bonds. The molecule has 0 aliphatic rings. The third-order valence-corrected chi connectivity index (χ3v) is 3.87. The number of carboxylic acids is 1. The van der Waals surface area contributed by atoms with Crippen molar-refractivity contribution in [3.8, 4) is 5.75 Å². The maximum atomic E-state index is 11.8. The lowest BCUT2D eigenvalue weighted by Crippen LogP contribution is -2.23. The van der Waals surface area contributed by atoms with Crippen LogP contribution in [0.4, 0.5) is 0 Å². The van der Waals surface area contributed by atoms with Gasteiger partial charge in [0.15, 0.2) is 5.69 Å². The van der Waals surface area contributed by atoms with Gasteiger partial charge in [-0.2, -0.15) is 0 Å². The third-order valence-electron chi connectivity index (χ3n) is 3.02. The van der Waals surface area contributed by atoms with Gasteiger partial charge in [0, 0.05) is 11.8 Å². The van der Waals surface area contributed by atoms with Crippen LogP contribution in [0.2, 0.25) is 0 Å². The number of ether oxygens (including phenoxy) is 1. The van der Waals surface area contributed by atoms with Crippen molar-refractivity contribution in [2.75, 3.05) is 7.11 Å². The Morgan fingerprint density at radius 3 is 2.82 bits per heavy atom. The molecule has 6 nitrogen and oxygen atoms in total. The number of nitrogens with one attached hydrogen (secondary N) is 1. The number of amides is 1. The number of hydrogen-bond donors (Lipinski definition) is 2. The van der Waals surface area contributed by atoms with Gasteiger partial charge in [0.2, 0.25) is 5.91 Å². The normalized spacial score (nSPS) is 10.2. The van der Waals surface area contributed by atoms with E-state index in [4.69, 9.17) is 9.84 Å². The molecule has 1 heterocycles. The van der Waals surface area contributed by atoms with E-state index in [0.717, 1.165) is 11.3 Å². The van der Waals surface area contributed by atoms with E-state index in [0.29, 0.717) is 17.8 Å². The summed E-state index contributed by atoms with van der Waals surface area (Å²) in [5.41, 5.74) is 0.978. The van der Waals surface area contributed by atoms with E-state index in [9.17, 15) is 9.59 Å². The number of nitrogens with zero attached hydrogens (tertiary/aromatic N) is 1. The van der Waals surface area contributed by atoms with Gasteiger partial charge in [-0.1, -0.05) is 18.2 Å². The molecule has 22 heavy (non-hydrogen) atoms. The van der Waals surface area contributed by atoms with Crippen LogP contribution in [0.25, 0.3) is 0 Å². The van der Waals surface area contributed by atoms with Gasteiger partial charge in [0.05, 0.1) is 13.7 Å². The van der Waals surface area contributed by atoms with Crippen LogP contribution >= 0.6 is 11.3 Å². The predicted octanol–water partition coefficient (Wildman–Crippen LogP) is 2.10. The van der Waals surface area contributed by atoms with Crippen molar-refractivity contribution in [3.05, 3.63) is 45.9 Å². The molecule has 0 saturated heterocycles. The zero-order valence-corrected chi connectivity index (χ0v) is 12.9. The average molecular weight is 320 g/mol. The van der Waals surface area contributed by atoms with Gasteiger partial charge < -0.3 is 15.2 Å². The Labute approximate surface area is 131 Å². The molecule has 0 unspecified atom stereocenters. The second-order valence-corrected chi connectivity index (χ2v) is 5.46. The van der Waals surface area contributed by atoms with Crippen molar-refractivity contribution in [2.24, 2.45) is 0 Å². The lowest BCUT2D eigenvalue weighted by molar-refractivity contribution is -0.121. The molecular weight excluding hydrogens is 304 g/mol. The summed E-state index contributed by atoms with van der Waals surface area (Å²) in [6, 6.07) is 7.56. The lowest BCUT2D eigenvalue weighted by atomic mass is 10.1. The van der Waals surface area contributed by atoms with E-state index in [1.54, 1.807) is 7.11 Å². The fourth-order valence-electron chi connectivity index (χ4n) is 1.91. The van der Waals surface area contributed by atoms with Crippen molar-refractivity contribution in [1.29, 1.82) is 0 Å². The number of para-hydroxylation sites is 1. The Morgan fingerprint density at radius 1 is 1.36 bits per heavy atom. The number of carboxylic acid groups (broad SMARTS) is 1. The van der Waals surface area contributed by atoms with Crippen LogP contribution < -0.4 is 10.1 Å². The highest BCUT2D eigenvalue weighted by molar-refractivity contribution is 7.09. The summed E-state index contributed by atoms with van der Waals surface area (Å²) in [7, 11) is 1.60. The summed E-state index contributed by atoms with van der Waals surface area (Å²) in [5.74, 6) is -0.413. The molecule has 0 saturated carbocycles. The van der Waals surface area contributed by atoms with E-state index >= 15 is 0 Å². The molecule has 1 aromatic carbocycles. The van der Waals surface area contributed by atoms with E-state index < -0.39 is 5.97 Å². The standard InChI is InChI=1S/C15H16N2O4S/c1-21-12-5-3-2-4-10(12)6-7-13(18)16-8-14-17-11(9-22-14)15(19)20/h2-5,9H,6-8H2,1H3,(H,16,18)(H,19,20). The van der Waals surface area contributed by atoms with Crippen LogP contribution in [0, 0.1) is 0 Å². The Balaban J connectivity index is 1.81. The fourth-order valence-corrected chi connectivity index (χ4v) is 2.62. The molecule has 0 fully saturated rings. The van der Waals surface area contributed by atoms with Gasteiger partial charge in [0.25, 0.3) is 0 Å². The molecule has 7 heteroatoms. The SMILES string of the molecule is COc1ccccc1CCC(=O)NCc1nc(C(=O)O)cs1. The van der Waals surface area contributed by atoms with Crippen molar-refractivity contribution < 1.29 is 19.4 Å². The number of carbonyl (C=O) groups is 2. The number of aromatic nitrogens is 1. The first kappa shape index (κ1) is 16.0. The van der Waals surface area contributed by atoms with Crippen molar-refractivity contribution in [2.45, 2.75) is 19.4 Å². The number of rotatable bonds is 7. The van der Waals surface area contributed by atoms with Crippen molar-refractivity contribution in [3.63, 3.8) is 0 Å². The topological polar surface area (TPSA) is 88.5 Å². The maximum absolute atomic E-state index is 11.8. The predicted molar refractivity (Wildman–Crippen MR) is 82.2 cm³/mol. The highest BCUT2D eigenvalue weighted by Crippen LogP contribution is 2.18. The van der Waals surface area contributed by atoms with Crippen molar-refractivity contribution in [1.82, 2.24) is 10.3 Å². The van der Waals surface area contributed by atoms with Crippen LogP contribution in [0.5, 0.6) is 5.75 Å². The summed E-state index contributed by atoms with van der Waals surface area (Å²) >= 11 is 1.21. The third kappa shape index (κ3) is 4.29. The number of aryl methyl sites for hydroxylation is 1. The van der Waals surface area contributed by atoms with Gasteiger partial charge in [-0.25, -0.2) is 9.78 Å². The number of hydrogen-bond acceptors (Lipinski definition) is 5. The van der Waals surface area contributed by atoms with Gasteiger partial charge in [-0.3, -0.25) is 4.79 Å². The minimum atomic E-state index is -1.06. The fraction of sp³-hybridized carbons (Fsp3) is 0.267. The van der Waals surface area contributed by atoms with E-state index in [1.165, 1.54) is 16.7 Å². The molecule has 0 aliphatic heterocycles. The summed E-state index contributed by atoms with van der Waals surface area (Å²) < 4.78 is 5.24. The second kappa shape index (κ2) is 7.56. The maximum Gasteiger partial charge on any atom is 0.355 e. The largest absolute Gasteiger partial charge is 0.496 e. The molecular formula is C15H16N2O4S. The molecule has 116 valence electrons. The number of aromatic carboxylic acids is 1. The number of benzene rings is 1. The Hall–Kier alpha value is -2.41. The highest BCUT2D eigenvalue weighted by atomic mass is 32.1. The molecule has 0 spiro atoms. The van der Waals surface area contributed by atoms with Crippen LogP contribution in [0.3, 0.4) is 0 Å². The average Bonchev–Trinajstić information content (AvgIpc) is 3.00. The molecule has 2 aromatic rings. The van der Waals surface area contributed by atoms with Gasteiger partial charge in [-0.05, 0) is 18.1 Å². The molecule has 1 aromatic heterocycles. The summed E-state index contributed by atoms with van der Waals surface area (Å²) in [4.78, 5) is 26.5. The summed E-state index contributed by atoms with van der Waals surface area (Å²) in [6.45, 7) is 0.239. The van der Waals surface area contributed by atoms with Crippen LogP contribution in [-0.4, -0.2) is 29.1 Å². The first-order valence-electron chi connectivity index (χ1n) is 6.66. The summed E-state index contributed by atoms with van der Waals surface area (Å²) in [6.07, 6.45) is 0.908. The Bertz CT molecular complexity index is 669. The lowest BCUT2D eigenvalue weighted by Gasteiger charge is -2.08. The second-order valence-electron chi connectivity index (χ2n) is 4.52. The number of methoxy groups -OCH3 is 1. The smallest absolute Gasteiger partial charge is 0.355 e. The molecule has 0 radical (unpaired) electrons. The molecule has 2 N–H and O–H groups in total. The van der Waals surface area contributed by atoms with Crippen molar-refractivity contribution >= 4 is 23.2 Å². The first-order chi connectivity index (χ1) is 10.6. The van der Waals surface area contributed by atoms with Crippen LogP contribution in [0.1, 0.15) is 27.5 Å². The minimum Gasteiger partial charge on any atom is -0.496 e. The van der Waals surface area contributed by atoms with E-state index in [-0.39, 0.29) is 18.1 Å². The van der Waals surface area contributed by atoms with Crippen LogP contribution in [0.15, 0.2) is 29.6 Å². The minimum absolute atomic E-state index is 0.00303. The Morgan fingerprint density at radius 2 is 2.14 bits per heavy atom. The van der Waals surface area contributed by atoms with E-state index in [2.05, 4.69) is 10.3 Å². The Kier molecular flexibility index (Phi) is 5.48. The van der Waals surface area contributed by atoms with Gasteiger partial charge in [0.1, 0.15) is 10.8 Å². The van der Waals surface area contributed by atoms with Gasteiger partial charge in [-0.15, -0.1) is 11.3 Å². The monoisotopic (exact) mass is 320 g/mol. The molecule has 0 atom stereocenters. The zero-order chi connectivity index (χ0) is 15.9. The van der Waals surface area contributed by atoms with Gasteiger partial charge >= 0.3 is 5.97 Å². The first-order valence-corrected chi connectivity index (χ1v) is 7.54. The zero-order valence-electron chi connectivity index (χ0n) is 12.0. The molecule has 0 aliphatic carbocycles. The molecule has 2 rings (SSSR count). The van der Waals surface area contributed by atoms with E-state index in [1.807, 2.05) is 24.3 Å². The number of thiazole rings is 1.